The fraction of sp³-hybridized carbons (Fsp3) is 0.111. The van der Waals surface area contributed by atoms with Crippen LogP contribution in [0, 0.1) is 0 Å². The summed E-state index contributed by atoms with van der Waals surface area (Å²) in [7, 11) is 0. The molecule has 1 unspecified atom stereocenters. The number of benzene rings is 3. The van der Waals surface area contributed by atoms with Crippen molar-refractivity contribution in [3.63, 3.8) is 0 Å². The molecule has 0 aliphatic rings. The monoisotopic (exact) mass is 470 g/mol. The van der Waals surface area contributed by atoms with Crippen molar-refractivity contribution in [2.45, 2.75) is 19.0 Å². The molecule has 0 radical (unpaired) electrons. The lowest BCUT2D eigenvalue weighted by molar-refractivity contribution is 0.100. The molecule has 4 rings (SSSR count). The molecule has 6 N–H and O–H groups in total. The van der Waals surface area contributed by atoms with Gasteiger partial charge in [0, 0.05) is 17.5 Å². The van der Waals surface area contributed by atoms with Crippen LogP contribution in [0.4, 0.5) is 9.80 Å². The van der Waals surface area contributed by atoms with Gasteiger partial charge in [-0.05, 0) is 34.7 Å². The summed E-state index contributed by atoms with van der Waals surface area (Å²) in [6, 6.07) is 30.1. The molecule has 0 fully saturated rings. The van der Waals surface area contributed by atoms with Gasteiger partial charge in [-0.1, -0.05) is 84.9 Å². The Morgan fingerprint density at radius 3 is 2.09 bits per heavy atom. The van der Waals surface area contributed by atoms with Gasteiger partial charge in [0.25, 0.3) is 5.91 Å². The highest BCUT2D eigenvalue weighted by atomic mass is 32.1. The number of hydrogen-bond acceptors (Lipinski definition) is 4. The fourth-order valence-electron chi connectivity index (χ4n) is 3.79. The van der Waals surface area contributed by atoms with Crippen LogP contribution >= 0.6 is 11.3 Å². The van der Waals surface area contributed by atoms with Crippen LogP contribution in [0.25, 0.3) is 10.4 Å². The molecule has 1 aromatic heterocycles. The van der Waals surface area contributed by atoms with Gasteiger partial charge in [0.15, 0.2) is 0 Å². The van der Waals surface area contributed by atoms with E-state index >= 15 is 0 Å². The normalized spacial score (nSPS) is 11.6. The van der Waals surface area contributed by atoms with Crippen molar-refractivity contribution in [3.8, 4) is 10.4 Å². The topological polar surface area (TPSA) is 110 Å². The second kappa shape index (κ2) is 10.8. The van der Waals surface area contributed by atoms with Crippen LogP contribution in [-0.4, -0.2) is 11.9 Å². The second-order valence-corrected chi connectivity index (χ2v) is 8.99. The summed E-state index contributed by atoms with van der Waals surface area (Å²) >= 11 is 1.26. The van der Waals surface area contributed by atoms with Gasteiger partial charge in [-0.25, -0.2) is 4.79 Å². The number of amides is 3. The Morgan fingerprint density at radius 2 is 1.47 bits per heavy atom. The highest BCUT2D eigenvalue weighted by Gasteiger charge is 2.16. The Hall–Kier alpha value is -3.94. The molecule has 1 atom stereocenters. The van der Waals surface area contributed by atoms with E-state index in [4.69, 9.17) is 11.5 Å². The third-order valence-corrected chi connectivity index (χ3v) is 6.61. The summed E-state index contributed by atoms with van der Waals surface area (Å²) < 4.78 is 0. The lowest BCUT2D eigenvalue weighted by Gasteiger charge is -2.20. The Morgan fingerprint density at radius 1 is 0.824 bits per heavy atom. The van der Waals surface area contributed by atoms with Gasteiger partial charge < -0.3 is 16.8 Å². The quantitative estimate of drug-likeness (QED) is 0.274. The lowest BCUT2D eigenvalue weighted by Crippen LogP contribution is -2.23. The number of urea groups is 1. The minimum Gasteiger partial charge on any atom is -0.366 e. The molecule has 34 heavy (non-hydrogen) atoms. The molecule has 3 amide bonds. The van der Waals surface area contributed by atoms with E-state index < -0.39 is 11.9 Å². The second-order valence-electron chi connectivity index (χ2n) is 7.94. The number of rotatable bonds is 9. The van der Waals surface area contributed by atoms with Crippen LogP contribution < -0.4 is 22.1 Å². The molecule has 4 aromatic rings. The molecule has 3 aromatic carbocycles. The molecule has 0 aliphatic carbocycles. The van der Waals surface area contributed by atoms with Crippen LogP contribution in [0.5, 0.6) is 0 Å². The Labute approximate surface area is 202 Å². The van der Waals surface area contributed by atoms with E-state index in [1.54, 1.807) is 6.07 Å². The molecule has 1 heterocycles. The predicted molar refractivity (Wildman–Crippen MR) is 138 cm³/mol. The predicted octanol–water partition coefficient (Wildman–Crippen LogP) is 5.08. The third-order valence-electron chi connectivity index (χ3n) is 5.51. The minimum absolute atomic E-state index is 0.182. The number of thiophene rings is 1. The third kappa shape index (κ3) is 5.89. The van der Waals surface area contributed by atoms with Crippen molar-refractivity contribution < 1.29 is 9.59 Å². The zero-order valence-corrected chi connectivity index (χ0v) is 19.3. The van der Waals surface area contributed by atoms with Crippen LogP contribution in [0.15, 0.2) is 91.0 Å². The van der Waals surface area contributed by atoms with Crippen LogP contribution in [-0.2, 0) is 13.0 Å². The lowest BCUT2D eigenvalue weighted by atomic mass is 9.98. The molecule has 0 aliphatic heterocycles. The fourth-order valence-corrected chi connectivity index (χ4v) is 4.86. The number of nitrogens with one attached hydrogen (secondary N) is 2. The van der Waals surface area contributed by atoms with E-state index in [0.717, 1.165) is 22.4 Å². The van der Waals surface area contributed by atoms with Crippen LogP contribution in [0.3, 0.4) is 0 Å². The first-order valence-corrected chi connectivity index (χ1v) is 11.7. The summed E-state index contributed by atoms with van der Waals surface area (Å²) in [5.74, 6) is -0.613. The van der Waals surface area contributed by atoms with Crippen LogP contribution in [0.2, 0.25) is 0 Å². The molecule has 172 valence electrons. The molecular weight excluding hydrogens is 444 g/mol. The van der Waals surface area contributed by atoms with E-state index in [-0.39, 0.29) is 11.6 Å². The Kier molecular flexibility index (Phi) is 7.37. The standard InChI is InChI=1S/C27H26N4O2S/c28-25(32)22-16-24(34-26(22)31-27(29)33)21-13-11-19(12-14-21)17-30-23(20-9-5-2-6-10-20)15-18-7-3-1-4-8-18/h1-14,16,23,30H,15,17H2,(H2,28,32)(H3,29,31,33). The van der Waals surface area contributed by atoms with Gasteiger partial charge in [-0.15, -0.1) is 11.3 Å². The van der Waals surface area contributed by atoms with E-state index in [0.29, 0.717) is 11.5 Å². The van der Waals surface area contributed by atoms with Crippen molar-refractivity contribution in [3.05, 3.63) is 113 Å². The zero-order valence-electron chi connectivity index (χ0n) is 18.5. The van der Waals surface area contributed by atoms with Crippen molar-refractivity contribution in [2.24, 2.45) is 11.5 Å². The molecule has 0 bridgehead atoms. The van der Waals surface area contributed by atoms with Crippen molar-refractivity contribution in [1.82, 2.24) is 5.32 Å². The number of anilines is 1. The van der Waals surface area contributed by atoms with Gasteiger partial charge in [-0.3, -0.25) is 10.1 Å². The first-order chi connectivity index (χ1) is 16.5. The molecule has 6 nitrogen and oxygen atoms in total. The van der Waals surface area contributed by atoms with Gasteiger partial charge in [0.05, 0.1) is 5.56 Å². The molecule has 0 spiro atoms. The number of carbonyl (C=O) groups is 2. The van der Waals surface area contributed by atoms with Gasteiger partial charge in [0.2, 0.25) is 0 Å². The van der Waals surface area contributed by atoms with E-state index in [2.05, 4.69) is 71.3 Å². The summed E-state index contributed by atoms with van der Waals surface area (Å²) in [5, 5.41) is 6.51. The zero-order chi connectivity index (χ0) is 23.9. The van der Waals surface area contributed by atoms with E-state index in [1.165, 1.54) is 22.5 Å². The van der Waals surface area contributed by atoms with Crippen molar-refractivity contribution in [1.29, 1.82) is 0 Å². The number of carbonyl (C=O) groups excluding carboxylic acids is 2. The minimum atomic E-state index is -0.735. The Bertz CT molecular complexity index is 1260. The average Bonchev–Trinajstić information content (AvgIpc) is 3.27. The van der Waals surface area contributed by atoms with E-state index in [9.17, 15) is 9.59 Å². The summed E-state index contributed by atoms with van der Waals surface area (Å²) in [6.45, 7) is 0.706. The average molecular weight is 471 g/mol. The van der Waals surface area contributed by atoms with E-state index in [1.807, 2.05) is 24.3 Å². The maximum Gasteiger partial charge on any atom is 0.317 e. The van der Waals surface area contributed by atoms with Crippen LogP contribution in [0.1, 0.15) is 33.1 Å². The van der Waals surface area contributed by atoms with Gasteiger partial charge >= 0.3 is 6.03 Å². The Balaban J connectivity index is 1.48. The maximum absolute atomic E-state index is 11.7. The smallest absolute Gasteiger partial charge is 0.317 e. The van der Waals surface area contributed by atoms with Crippen molar-refractivity contribution >= 4 is 28.3 Å². The number of hydrogen-bond donors (Lipinski definition) is 4. The van der Waals surface area contributed by atoms with Crippen molar-refractivity contribution in [2.75, 3.05) is 5.32 Å². The van der Waals surface area contributed by atoms with Gasteiger partial charge in [-0.2, -0.15) is 0 Å². The molecule has 0 saturated carbocycles. The summed E-state index contributed by atoms with van der Waals surface area (Å²) in [5.41, 5.74) is 15.5. The molecular formula is C27H26N4O2S. The highest BCUT2D eigenvalue weighted by molar-refractivity contribution is 7.20. The summed E-state index contributed by atoms with van der Waals surface area (Å²) in [4.78, 5) is 23.8. The SMILES string of the molecule is NC(=O)Nc1sc(-c2ccc(CNC(Cc3ccccc3)c3ccccc3)cc2)cc1C(N)=O. The largest absolute Gasteiger partial charge is 0.366 e. The highest BCUT2D eigenvalue weighted by Crippen LogP contribution is 2.35. The molecule has 7 heteroatoms. The first-order valence-electron chi connectivity index (χ1n) is 10.9. The maximum atomic E-state index is 11.7. The number of nitrogens with two attached hydrogens (primary N) is 2. The number of primary amides is 2. The molecule has 0 saturated heterocycles. The summed E-state index contributed by atoms with van der Waals surface area (Å²) in [6.07, 6.45) is 0.893. The van der Waals surface area contributed by atoms with Gasteiger partial charge in [0.1, 0.15) is 5.00 Å². The first kappa shape index (κ1) is 23.2.